The van der Waals surface area contributed by atoms with E-state index in [1.54, 1.807) is 17.2 Å². The molecule has 1 amide bonds. The fourth-order valence-electron chi connectivity index (χ4n) is 4.09. The zero-order valence-corrected chi connectivity index (χ0v) is 23.6. The number of aromatic nitrogens is 2. The number of nitrogens with one attached hydrogen (secondary N) is 1. The van der Waals surface area contributed by atoms with Gasteiger partial charge >= 0.3 is 0 Å². The second-order valence-corrected chi connectivity index (χ2v) is 11.2. The summed E-state index contributed by atoms with van der Waals surface area (Å²) in [7, 11) is 0. The Labute approximate surface area is 223 Å². The van der Waals surface area contributed by atoms with Crippen molar-refractivity contribution in [3.8, 4) is 0 Å². The molecule has 0 spiro atoms. The lowest BCUT2D eigenvalue weighted by Gasteiger charge is -2.21. The SMILES string of the molecule is CCCC[C@H](CC)CN1C(=O)/C(=C/c2c(NCCCOC(C)C)nc3ccc(C)cn3c2=O)SC1=S. The van der Waals surface area contributed by atoms with Gasteiger partial charge in [0.15, 0.2) is 0 Å². The molecule has 3 rings (SSSR count). The molecule has 2 aromatic heterocycles. The summed E-state index contributed by atoms with van der Waals surface area (Å²) < 4.78 is 7.70. The highest BCUT2D eigenvalue weighted by atomic mass is 32.2. The van der Waals surface area contributed by atoms with Crippen LogP contribution >= 0.6 is 24.0 Å². The monoisotopic (exact) mass is 530 g/mol. The van der Waals surface area contributed by atoms with Gasteiger partial charge in [-0.2, -0.15) is 0 Å². The van der Waals surface area contributed by atoms with Crippen LogP contribution in [0.2, 0.25) is 0 Å². The molecule has 1 aliphatic heterocycles. The Morgan fingerprint density at radius 1 is 1.22 bits per heavy atom. The number of hydrogen-bond acceptors (Lipinski definition) is 7. The molecule has 0 aliphatic carbocycles. The predicted octanol–water partition coefficient (Wildman–Crippen LogP) is 5.65. The van der Waals surface area contributed by atoms with Gasteiger partial charge in [-0.25, -0.2) is 4.98 Å². The zero-order chi connectivity index (χ0) is 26.2. The number of thioether (sulfide) groups is 1. The van der Waals surface area contributed by atoms with Crippen LogP contribution in [-0.4, -0.2) is 50.3 Å². The highest BCUT2D eigenvalue weighted by Gasteiger charge is 2.33. The van der Waals surface area contributed by atoms with E-state index in [0.29, 0.717) is 51.9 Å². The van der Waals surface area contributed by atoms with Crippen LogP contribution in [0.1, 0.15) is 70.9 Å². The minimum Gasteiger partial charge on any atom is -0.379 e. The molecule has 7 nitrogen and oxygen atoms in total. The molecule has 1 saturated heterocycles. The highest BCUT2D eigenvalue weighted by Crippen LogP contribution is 2.34. The molecule has 0 aromatic carbocycles. The molecule has 3 heterocycles. The molecule has 1 aliphatic rings. The molecule has 0 unspecified atom stereocenters. The molecule has 1 atom stereocenters. The predicted molar refractivity (Wildman–Crippen MR) is 154 cm³/mol. The van der Waals surface area contributed by atoms with Gasteiger partial charge in [0.2, 0.25) is 0 Å². The number of ether oxygens (including phenoxy) is 1. The molecule has 0 radical (unpaired) electrons. The van der Waals surface area contributed by atoms with Crippen LogP contribution < -0.4 is 10.9 Å². The highest BCUT2D eigenvalue weighted by molar-refractivity contribution is 8.26. The third kappa shape index (κ3) is 7.17. The minimum absolute atomic E-state index is 0.134. The summed E-state index contributed by atoms with van der Waals surface area (Å²) >= 11 is 6.83. The van der Waals surface area contributed by atoms with E-state index in [4.69, 9.17) is 21.9 Å². The summed E-state index contributed by atoms with van der Waals surface area (Å²) in [6.07, 6.45) is 8.71. The summed E-state index contributed by atoms with van der Waals surface area (Å²) in [6, 6.07) is 3.75. The van der Waals surface area contributed by atoms with Gasteiger partial charge in [-0.05, 0) is 57.2 Å². The van der Waals surface area contributed by atoms with E-state index in [2.05, 4.69) is 19.2 Å². The van der Waals surface area contributed by atoms with Crippen LogP contribution in [0.4, 0.5) is 5.82 Å². The molecular formula is C27H38N4O3S2. The Balaban J connectivity index is 1.91. The number of nitrogens with zero attached hydrogens (tertiary/aromatic N) is 3. The van der Waals surface area contributed by atoms with Gasteiger partial charge in [-0.3, -0.25) is 18.9 Å². The summed E-state index contributed by atoms with van der Waals surface area (Å²) in [5.74, 6) is 0.742. The normalized spacial score (nSPS) is 16.1. The number of amides is 1. The van der Waals surface area contributed by atoms with Crippen molar-refractivity contribution in [1.82, 2.24) is 14.3 Å². The Hall–Kier alpha value is -2.23. The first kappa shape index (κ1) is 28.3. The number of carbonyl (C=O) groups is 1. The van der Waals surface area contributed by atoms with E-state index in [1.807, 2.05) is 32.9 Å². The van der Waals surface area contributed by atoms with E-state index in [0.717, 1.165) is 37.7 Å². The van der Waals surface area contributed by atoms with E-state index in [9.17, 15) is 9.59 Å². The van der Waals surface area contributed by atoms with E-state index >= 15 is 0 Å². The van der Waals surface area contributed by atoms with Gasteiger partial charge in [-0.15, -0.1) is 0 Å². The van der Waals surface area contributed by atoms with Crippen molar-refractivity contribution in [1.29, 1.82) is 0 Å². The van der Waals surface area contributed by atoms with Crippen LogP contribution in [0.3, 0.4) is 0 Å². The van der Waals surface area contributed by atoms with Gasteiger partial charge in [0.05, 0.1) is 16.6 Å². The van der Waals surface area contributed by atoms with Gasteiger partial charge < -0.3 is 10.1 Å². The second kappa shape index (κ2) is 13.4. The molecule has 0 saturated carbocycles. The van der Waals surface area contributed by atoms with Gasteiger partial charge in [0.1, 0.15) is 15.8 Å². The number of anilines is 1. The summed E-state index contributed by atoms with van der Waals surface area (Å²) in [5, 5.41) is 3.29. The number of hydrogen-bond donors (Lipinski definition) is 1. The van der Waals surface area contributed by atoms with Crippen molar-refractivity contribution in [2.45, 2.75) is 72.8 Å². The quantitative estimate of drug-likeness (QED) is 0.204. The van der Waals surface area contributed by atoms with Gasteiger partial charge in [0.25, 0.3) is 11.5 Å². The Morgan fingerprint density at radius 2 is 2.00 bits per heavy atom. The van der Waals surface area contributed by atoms with E-state index in [-0.39, 0.29) is 17.6 Å². The number of rotatable bonds is 13. The smallest absolute Gasteiger partial charge is 0.267 e. The first-order chi connectivity index (χ1) is 17.2. The lowest BCUT2D eigenvalue weighted by molar-refractivity contribution is -0.122. The average Bonchev–Trinajstić information content (AvgIpc) is 3.10. The summed E-state index contributed by atoms with van der Waals surface area (Å²) in [6.45, 7) is 12.1. The maximum atomic E-state index is 13.5. The average molecular weight is 531 g/mol. The largest absolute Gasteiger partial charge is 0.379 e. The van der Waals surface area contributed by atoms with Crippen LogP contribution in [-0.2, 0) is 9.53 Å². The lowest BCUT2D eigenvalue weighted by Crippen LogP contribution is -2.33. The molecule has 36 heavy (non-hydrogen) atoms. The number of thiocarbonyl (C=S) groups is 1. The number of carbonyl (C=O) groups excluding carboxylic acids is 1. The van der Waals surface area contributed by atoms with Crippen molar-refractivity contribution in [2.24, 2.45) is 5.92 Å². The first-order valence-electron chi connectivity index (χ1n) is 12.9. The molecule has 1 N–H and O–H groups in total. The summed E-state index contributed by atoms with van der Waals surface area (Å²) in [4.78, 5) is 33.7. The standard InChI is InChI=1S/C27H38N4O3S2/c1-6-8-10-20(7-2)17-31-26(33)22(36-27(31)35)15-21-24(28-13-9-14-34-18(3)4)29-23-12-11-19(5)16-30(23)25(21)32/h11-12,15-16,18,20,28H,6-10,13-14,17H2,1-5H3/b22-15-/t20-/m0/s1. The molecule has 2 aromatic rings. The van der Waals surface area contributed by atoms with Crippen LogP contribution in [0, 0.1) is 12.8 Å². The minimum atomic E-state index is -0.218. The number of pyridine rings is 1. The van der Waals surface area contributed by atoms with Crippen molar-refractivity contribution in [3.63, 3.8) is 0 Å². The third-order valence-electron chi connectivity index (χ3n) is 6.20. The maximum Gasteiger partial charge on any atom is 0.267 e. The molecule has 9 heteroatoms. The lowest BCUT2D eigenvalue weighted by atomic mass is 9.99. The Morgan fingerprint density at radius 3 is 2.69 bits per heavy atom. The van der Waals surface area contributed by atoms with Crippen molar-refractivity contribution in [2.75, 3.05) is 25.0 Å². The molecular weight excluding hydrogens is 492 g/mol. The second-order valence-electron chi connectivity index (χ2n) is 9.52. The van der Waals surface area contributed by atoms with Crippen molar-refractivity contribution >= 4 is 51.7 Å². The Kier molecular flexibility index (Phi) is 10.5. The topological polar surface area (TPSA) is 75.9 Å². The van der Waals surface area contributed by atoms with E-state index < -0.39 is 0 Å². The maximum absolute atomic E-state index is 13.5. The fourth-order valence-corrected chi connectivity index (χ4v) is 5.34. The summed E-state index contributed by atoms with van der Waals surface area (Å²) in [5.41, 5.74) is 1.65. The number of unbranched alkanes of at least 4 members (excludes halogenated alkanes) is 1. The Bertz CT molecular complexity index is 1180. The third-order valence-corrected chi connectivity index (χ3v) is 7.58. The van der Waals surface area contributed by atoms with E-state index in [1.165, 1.54) is 16.2 Å². The molecule has 196 valence electrons. The number of fused-ring (bicyclic) bond motifs is 1. The van der Waals surface area contributed by atoms with Crippen molar-refractivity contribution in [3.05, 3.63) is 44.7 Å². The van der Waals surface area contributed by atoms with Crippen molar-refractivity contribution < 1.29 is 9.53 Å². The molecule has 1 fully saturated rings. The van der Waals surface area contributed by atoms with Gasteiger partial charge in [0, 0.05) is 25.9 Å². The number of aryl methyl sites for hydroxylation is 1. The molecule has 0 bridgehead atoms. The van der Waals surface area contributed by atoms with Crippen LogP contribution in [0.25, 0.3) is 11.7 Å². The first-order valence-corrected chi connectivity index (χ1v) is 14.1. The zero-order valence-electron chi connectivity index (χ0n) is 22.0. The van der Waals surface area contributed by atoms with Gasteiger partial charge in [-0.1, -0.05) is 63.2 Å². The fraction of sp³-hybridized carbons (Fsp3) is 0.556. The van der Waals surface area contributed by atoms with Crippen LogP contribution in [0.5, 0.6) is 0 Å². The van der Waals surface area contributed by atoms with Crippen LogP contribution in [0.15, 0.2) is 28.0 Å².